The topological polar surface area (TPSA) is 74.6 Å². The fraction of sp³-hybridized carbons (Fsp3) is 0.0455. The van der Waals surface area contributed by atoms with Crippen molar-refractivity contribution in [2.45, 2.75) is 6.61 Å². The van der Waals surface area contributed by atoms with Gasteiger partial charge in [0.15, 0.2) is 0 Å². The van der Waals surface area contributed by atoms with E-state index in [0.29, 0.717) is 23.8 Å². The number of pyridine rings is 1. The van der Waals surface area contributed by atoms with Crippen molar-refractivity contribution < 1.29 is 4.74 Å². The molecule has 0 bridgehead atoms. The van der Waals surface area contributed by atoms with Gasteiger partial charge < -0.3 is 9.72 Å². The zero-order valence-electron chi connectivity index (χ0n) is 14.5. The first-order valence-corrected chi connectivity index (χ1v) is 8.52. The number of nitrogens with one attached hydrogen (secondary N) is 1. The van der Waals surface area contributed by atoms with E-state index in [0.717, 1.165) is 22.3 Å². The molecule has 4 aromatic rings. The van der Waals surface area contributed by atoms with Crippen LogP contribution >= 0.6 is 0 Å². The van der Waals surface area contributed by atoms with Crippen molar-refractivity contribution in [2.75, 3.05) is 0 Å². The molecule has 2 aromatic carbocycles. The molecule has 0 spiro atoms. The van der Waals surface area contributed by atoms with Gasteiger partial charge in [0.05, 0.1) is 22.3 Å². The lowest BCUT2D eigenvalue weighted by Gasteiger charge is -2.09. The standard InChI is InChI=1S/C22H16N4O/c23-14-17(22-25-19-9-2-3-10-20(19)26-22)13-16-7-1-4-11-21(16)27-15-18-8-5-6-12-24-18/h1-13H,15H2,(H,25,26). The summed E-state index contributed by atoms with van der Waals surface area (Å²) in [5.41, 5.74) is 3.82. The van der Waals surface area contributed by atoms with Gasteiger partial charge in [0.1, 0.15) is 24.3 Å². The average molecular weight is 352 g/mol. The van der Waals surface area contributed by atoms with E-state index in [-0.39, 0.29) is 0 Å². The van der Waals surface area contributed by atoms with Crippen molar-refractivity contribution in [2.24, 2.45) is 0 Å². The summed E-state index contributed by atoms with van der Waals surface area (Å²) in [6.45, 7) is 0.359. The molecule has 0 saturated carbocycles. The number of imidazole rings is 1. The summed E-state index contributed by atoms with van der Waals surface area (Å²) in [6.07, 6.45) is 3.52. The Kier molecular flexibility index (Phi) is 4.62. The summed E-state index contributed by atoms with van der Waals surface area (Å²) in [4.78, 5) is 12.0. The second-order valence-corrected chi connectivity index (χ2v) is 5.92. The molecule has 0 unspecified atom stereocenters. The van der Waals surface area contributed by atoms with E-state index in [4.69, 9.17) is 4.74 Å². The molecule has 4 rings (SSSR count). The van der Waals surface area contributed by atoms with E-state index in [2.05, 4.69) is 21.0 Å². The van der Waals surface area contributed by atoms with Crippen LogP contribution in [0.5, 0.6) is 5.75 Å². The number of aromatic amines is 1. The van der Waals surface area contributed by atoms with Gasteiger partial charge in [-0.1, -0.05) is 36.4 Å². The van der Waals surface area contributed by atoms with Crippen LogP contribution in [0.4, 0.5) is 0 Å². The lowest BCUT2D eigenvalue weighted by molar-refractivity contribution is 0.300. The number of aromatic nitrogens is 3. The molecule has 2 heterocycles. The second-order valence-electron chi connectivity index (χ2n) is 5.92. The Hall–Kier alpha value is -3.91. The fourth-order valence-electron chi connectivity index (χ4n) is 2.76. The molecule has 130 valence electrons. The highest BCUT2D eigenvalue weighted by Crippen LogP contribution is 2.25. The molecule has 5 nitrogen and oxygen atoms in total. The molecular weight excluding hydrogens is 336 g/mol. The Morgan fingerprint density at radius 1 is 1.04 bits per heavy atom. The number of fused-ring (bicyclic) bond motifs is 1. The molecule has 1 N–H and O–H groups in total. The van der Waals surface area contributed by atoms with Gasteiger partial charge in [-0.25, -0.2) is 4.98 Å². The highest BCUT2D eigenvalue weighted by Gasteiger charge is 2.09. The fourth-order valence-corrected chi connectivity index (χ4v) is 2.76. The van der Waals surface area contributed by atoms with E-state index in [1.54, 1.807) is 12.3 Å². The number of hydrogen-bond acceptors (Lipinski definition) is 4. The van der Waals surface area contributed by atoms with Crippen molar-refractivity contribution >= 4 is 22.7 Å². The van der Waals surface area contributed by atoms with Crippen LogP contribution in [0.1, 0.15) is 17.1 Å². The Morgan fingerprint density at radius 3 is 2.67 bits per heavy atom. The van der Waals surface area contributed by atoms with Crippen molar-refractivity contribution in [3.05, 3.63) is 90.0 Å². The van der Waals surface area contributed by atoms with Gasteiger partial charge >= 0.3 is 0 Å². The minimum absolute atomic E-state index is 0.359. The van der Waals surface area contributed by atoms with Gasteiger partial charge in [0, 0.05) is 11.8 Å². The number of hydrogen-bond donors (Lipinski definition) is 1. The van der Waals surface area contributed by atoms with Crippen LogP contribution in [-0.2, 0) is 6.61 Å². The largest absolute Gasteiger partial charge is 0.487 e. The van der Waals surface area contributed by atoms with Gasteiger partial charge in [-0.05, 0) is 36.4 Å². The van der Waals surface area contributed by atoms with Crippen LogP contribution < -0.4 is 4.74 Å². The quantitative estimate of drug-likeness (QED) is 0.533. The van der Waals surface area contributed by atoms with Crippen LogP contribution in [0.15, 0.2) is 72.9 Å². The van der Waals surface area contributed by atoms with Gasteiger partial charge in [-0.15, -0.1) is 0 Å². The minimum Gasteiger partial charge on any atom is -0.487 e. The first kappa shape index (κ1) is 16.6. The Morgan fingerprint density at radius 2 is 1.85 bits per heavy atom. The first-order chi connectivity index (χ1) is 13.3. The molecule has 0 aliphatic rings. The molecule has 0 radical (unpaired) electrons. The number of para-hydroxylation sites is 3. The minimum atomic E-state index is 0.359. The van der Waals surface area contributed by atoms with Crippen molar-refractivity contribution in [1.82, 2.24) is 15.0 Å². The molecule has 0 fully saturated rings. The first-order valence-electron chi connectivity index (χ1n) is 8.52. The second kappa shape index (κ2) is 7.54. The zero-order valence-corrected chi connectivity index (χ0v) is 14.5. The monoisotopic (exact) mass is 352 g/mol. The van der Waals surface area contributed by atoms with Crippen LogP contribution in [0.2, 0.25) is 0 Å². The number of H-pyrrole nitrogens is 1. The summed E-state index contributed by atoms with van der Waals surface area (Å²) in [6, 6.07) is 23.2. The van der Waals surface area contributed by atoms with Crippen LogP contribution in [0, 0.1) is 11.3 Å². The highest BCUT2D eigenvalue weighted by atomic mass is 16.5. The van der Waals surface area contributed by atoms with Crippen molar-refractivity contribution in [1.29, 1.82) is 5.26 Å². The molecule has 0 aliphatic heterocycles. The van der Waals surface area contributed by atoms with E-state index in [1.165, 1.54) is 0 Å². The summed E-state index contributed by atoms with van der Waals surface area (Å²) in [5.74, 6) is 1.23. The predicted octanol–water partition coefficient (Wildman–Crippen LogP) is 4.60. The summed E-state index contributed by atoms with van der Waals surface area (Å²) < 4.78 is 5.92. The van der Waals surface area contributed by atoms with E-state index in [1.807, 2.05) is 66.7 Å². The van der Waals surface area contributed by atoms with E-state index < -0.39 is 0 Å². The van der Waals surface area contributed by atoms with Gasteiger partial charge in [-0.2, -0.15) is 5.26 Å². The maximum Gasteiger partial charge on any atom is 0.149 e. The number of nitriles is 1. The van der Waals surface area contributed by atoms with Gasteiger partial charge in [0.25, 0.3) is 0 Å². The molecule has 2 aromatic heterocycles. The molecular formula is C22H16N4O. The summed E-state index contributed by atoms with van der Waals surface area (Å²) in [5, 5.41) is 9.64. The highest BCUT2D eigenvalue weighted by molar-refractivity contribution is 5.91. The Bertz CT molecular complexity index is 1110. The SMILES string of the molecule is N#CC(=Cc1ccccc1OCc1ccccn1)c1nc2ccccc2[nH]1. The predicted molar refractivity (Wildman–Crippen MR) is 105 cm³/mol. The van der Waals surface area contributed by atoms with Gasteiger partial charge in [-0.3, -0.25) is 4.98 Å². The Balaban J connectivity index is 1.64. The molecule has 27 heavy (non-hydrogen) atoms. The summed E-state index contributed by atoms with van der Waals surface area (Å²) in [7, 11) is 0. The molecule has 0 amide bonds. The molecule has 0 saturated heterocycles. The number of rotatable bonds is 5. The normalized spacial score (nSPS) is 11.3. The average Bonchev–Trinajstić information content (AvgIpc) is 3.16. The van der Waals surface area contributed by atoms with Crippen LogP contribution in [-0.4, -0.2) is 15.0 Å². The lowest BCUT2D eigenvalue weighted by atomic mass is 10.1. The zero-order chi connectivity index (χ0) is 18.5. The maximum absolute atomic E-state index is 9.64. The third kappa shape index (κ3) is 3.70. The number of ether oxygens (including phenoxy) is 1. The van der Waals surface area contributed by atoms with Crippen LogP contribution in [0.25, 0.3) is 22.7 Å². The van der Waals surface area contributed by atoms with E-state index >= 15 is 0 Å². The smallest absolute Gasteiger partial charge is 0.149 e. The third-order valence-corrected chi connectivity index (χ3v) is 4.09. The van der Waals surface area contributed by atoms with Crippen molar-refractivity contribution in [3.63, 3.8) is 0 Å². The third-order valence-electron chi connectivity index (χ3n) is 4.09. The Labute approximate surface area is 156 Å². The number of allylic oxidation sites excluding steroid dienone is 1. The maximum atomic E-state index is 9.64. The van der Waals surface area contributed by atoms with Crippen LogP contribution in [0.3, 0.4) is 0 Å². The van der Waals surface area contributed by atoms with Gasteiger partial charge in [0.2, 0.25) is 0 Å². The number of benzene rings is 2. The van der Waals surface area contributed by atoms with E-state index in [9.17, 15) is 5.26 Å². The summed E-state index contributed by atoms with van der Waals surface area (Å²) >= 11 is 0. The molecule has 0 aliphatic carbocycles. The number of nitrogens with zero attached hydrogens (tertiary/aromatic N) is 3. The van der Waals surface area contributed by atoms with Crippen molar-refractivity contribution in [3.8, 4) is 11.8 Å². The lowest BCUT2D eigenvalue weighted by Crippen LogP contribution is -1.99. The molecule has 0 atom stereocenters. The molecule has 5 heteroatoms.